The molecule has 0 spiro atoms. The van der Waals surface area contributed by atoms with Crippen molar-refractivity contribution < 1.29 is 4.74 Å². The van der Waals surface area contributed by atoms with Gasteiger partial charge in [-0.25, -0.2) is 0 Å². The second kappa shape index (κ2) is 4.52. The Hall–Kier alpha value is 0.430. The molecule has 1 atom stereocenters. The van der Waals surface area contributed by atoms with Crippen molar-refractivity contribution in [1.29, 1.82) is 0 Å². The van der Waals surface area contributed by atoms with E-state index in [4.69, 9.17) is 16.3 Å². The summed E-state index contributed by atoms with van der Waals surface area (Å²) in [6.45, 7) is 1.76. The number of thiophene rings is 1. The standard InChI is InChI=1S/C10H12BrClOS/c11-6-10(3-4-13-7-10)5-8-1-2-9(12)14-8/h1-2H,3-7H2. The van der Waals surface area contributed by atoms with Gasteiger partial charge < -0.3 is 4.74 Å². The molecular formula is C10H12BrClOS. The van der Waals surface area contributed by atoms with Crippen molar-refractivity contribution in [2.24, 2.45) is 5.41 Å². The van der Waals surface area contributed by atoms with E-state index in [1.165, 1.54) is 4.88 Å². The summed E-state index contributed by atoms with van der Waals surface area (Å²) < 4.78 is 6.35. The number of alkyl halides is 1. The topological polar surface area (TPSA) is 9.23 Å². The van der Waals surface area contributed by atoms with Crippen LogP contribution in [0.2, 0.25) is 4.34 Å². The lowest BCUT2D eigenvalue weighted by Crippen LogP contribution is -2.25. The van der Waals surface area contributed by atoms with E-state index in [9.17, 15) is 0 Å². The Labute approximate surface area is 102 Å². The lowest BCUT2D eigenvalue weighted by Gasteiger charge is -2.23. The van der Waals surface area contributed by atoms with Crippen molar-refractivity contribution in [2.45, 2.75) is 12.8 Å². The second-order valence-corrected chi connectivity index (χ2v) is 6.18. The molecule has 2 rings (SSSR count). The van der Waals surface area contributed by atoms with Gasteiger partial charge in [0, 0.05) is 22.2 Å². The molecule has 78 valence electrons. The summed E-state index contributed by atoms with van der Waals surface area (Å²) in [5.41, 5.74) is 0.300. The highest BCUT2D eigenvalue weighted by molar-refractivity contribution is 9.09. The predicted octanol–water partition coefficient (Wildman–Crippen LogP) is 3.75. The zero-order valence-corrected chi connectivity index (χ0v) is 10.9. The summed E-state index contributed by atoms with van der Waals surface area (Å²) in [7, 11) is 0. The maximum Gasteiger partial charge on any atom is 0.0931 e. The molecule has 0 aromatic carbocycles. The Balaban J connectivity index is 2.08. The van der Waals surface area contributed by atoms with E-state index in [0.717, 1.165) is 35.7 Å². The molecule has 14 heavy (non-hydrogen) atoms. The average molecular weight is 296 g/mol. The lowest BCUT2D eigenvalue weighted by molar-refractivity contribution is 0.162. The van der Waals surface area contributed by atoms with Gasteiger partial charge in [-0.05, 0) is 25.0 Å². The van der Waals surface area contributed by atoms with Crippen LogP contribution in [0.25, 0.3) is 0 Å². The molecule has 1 fully saturated rings. The van der Waals surface area contributed by atoms with E-state index < -0.39 is 0 Å². The molecule has 0 N–H and O–H groups in total. The first-order valence-corrected chi connectivity index (χ1v) is 6.94. The molecule has 1 aliphatic heterocycles. The highest BCUT2D eigenvalue weighted by Gasteiger charge is 2.34. The zero-order valence-electron chi connectivity index (χ0n) is 7.76. The van der Waals surface area contributed by atoms with Gasteiger partial charge in [0.1, 0.15) is 0 Å². The van der Waals surface area contributed by atoms with Gasteiger partial charge in [0.2, 0.25) is 0 Å². The van der Waals surface area contributed by atoms with E-state index in [1.54, 1.807) is 11.3 Å². The molecule has 0 aliphatic carbocycles. The van der Waals surface area contributed by atoms with Gasteiger partial charge in [-0.3, -0.25) is 0 Å². The van der Waals surface area contributed by atoms with Crippen molar-refractivity contribution in [3.8, 4) is 0 Å². The number of hydrogen-bond acceptors (Lipinski definition) is 2. The van der Waals surface area contributed by atoms with Crippen LogP contribution in [0.3, 0.4) is 0 Å². The van der Waals surface area contributed by atoms with Crippen LogP contribution in [0.4, 0.5) is 0 Å². The summed E-state index contributed by atoms with van der Waals surface area (Å²) >= 11 is 11.2. The summed E-state index contributed by atoms with van der Waals surface area (Å²) in [6.07, 6.45) is 2.23. The first-order chi connectivity index (χ1) is 6.74. The van der Waals surface area contributed by atoms with Crippen LogP contribution in [-0.2, 0) is 11.2 Å². The summed E-state index contributed by atoms with van der Waals surface area (Å²) in [4.78, 5) is 1.36. The van der Waals surface area contributed by atoms with Crippen molar-refractivity contribution >= 4 is 38.9 Å². The van der Waals surface area contributed by atoms with E-state index in [-0.39, 0.29) is 0 Å². The molecule has 1 aromatic rings. The highest BCUT2D eigenvalue weighted by atomic mass is 79.9. The second-order valence-electron chi connectivity index (χ2n) is 3.82. The van der Waals surface area contributed by atoms with Gasteiger partial charge >= 0.3 is 0 Å². The van der Waals surface area contributed by atoms with Gasteiger partial charge in [0.25, 0.3) is 0 Å². The van der Waals surface area contributed by atoms with Crippen LogP contribution < -0.4 is 0 Å². The van der Waals surface area contributed by atoms with Crippen LogP contribution in [-0.4, -0.2) is 18.5 Å². The Morgan fingerprint density at radius 3 is 2.93 bits per heavy atom. The minimum Gasteiger partial charge on any atom is -0.381 e. The third-order valence-corrected chi connectivity index (χ3v) is 5.07. The van der Waals surface area contributed by atoms with Crippen molar-refractivity contribution in [2.75, 3.05) is 18.5 Å². The number of halogens is 2. The summed E-state index contributed by atoms with van der Waals surface area (Å²) in [5.74, 6) is 0. The smallest absolute Gasteiger partial charge is 0.0931 e. The molecule has 4 heteroatoms. The predicted molar refractivity (Wildman–Crippen MR) is 64.7 cm³/mol. The molecule has 1 saturated heterocycles. The maximum atomic E-state index is 5.91. The van der Waals surface area contributed by atoms with Gasteiger partial charge in [0.05, 0.1) is 10.9 Å². The van der Waals surface area contributed by atoms with Crippen LogP contribution >= 0.6 is 38.9 Å². The molecule has 1 nitrogen and oxygen atoms in total. The first kappa shape index (κ1) is 10.9. The molecule has 0 saturated carbocycles. The van der Waals surface area contributed by atoms with Crippen molar-refractivity contribution in [1.82, 2.24) is 0 Å². The molecule has 1 aromatic heterocycles. The van der Waals surface area contributed by atoms with E-state index in [0.29, 0.717) is 5.41 Å². The molecule has 2 heterocycles. The fourth-order valence-corrected chi connectivity index (χ4v) is 3.66. The van der Waals surface area contributed by atoms with Crippen LogP contribution in [0.1, 0.15) is 11.3 Å². The van der Waals surface area contributed by atoms with Gasteiger partial charge in [0.15, 0.2) is 0 Å². The zero-order chi connectivity index (χ0) is 10.0. The highest BCUT2D eigenvalue weighted by Crippen LogP contribution is 2.36. The van der Waals surface area contributed by atoms with E-state index >= 15 is 0 Å². The third kappa shape index (κ3) is 2.32. The molecular weight excluding hydrogens is 284 g/mol. The Bertz CT molecular complexity index is 307. The molecule has 1 aliphatic rings. The summed E-state index contributed by atoms with van der Waals surface area (Å²) in [5, 5.41) is 1.01. The minimum atomic E-state index is 0.300. The van der Waals surface area contributed by atoms with Crippen molar-refractivity contribution in [3.63, 3.8) is 0 Å². The fourth-order valence-electron chi connectivity index (χ4n) is 1.76. The SMILES string of the molecule is Clc1ccc(CC2(CBr)CCOC2)s1. The number of ether oxygens (including phenoxy) is 1. The number of rotatable bonds is 3. The van der Waals surface area contributed by atoms with Gasteiger partial charge in [-0.2, -0.15) is 0 Å². The largest absolute Gasteiger partial charge is 0.381 e. The van der Waals surface area contributed by atoms with Gasteiger partial charge in [-0.15, -0.1) is 11.3 Å². The van der Waals surface area contributed by atoms with E-state index in [2.05, 4.69) is 22.0 Å². The molecule has 0 amide bonds. The molecule has 0 radical (unpaired) electrons. The minimum absolute atomic E-state index is 0.300. The maximum absolute atomic E-state index is 5.91. The van der Waals surface area contributed by atoms with Crippen LogP contribution in [0, 0.1) is 5.41 Å². The monoisotopic (exact) mass is 294 g/mol. The summed E-state index contributed by atoms with van der Waals surface area (Å²) in [6, 6.07) is 4.09. The molecule has 0 bridgehead atoms. The van der Waals surface area contributed by atoms with E-state index in [1.807, 2.05) is 6.07 Å². The lowest BCUT2D eigenvalue weighted by atomic mass is 9.86. The Morgan fingerprint density at radius 1 is 1.57 bits per heavy atom. The Morgan fingerprint density at radius 2 is 2.43 bits per heavy atom. The fraction of sp³-hybridized carbons (Fsp3) is 0.600. The average Bonchev–Trinajstić information content (AvgIpc) is 2.77. The normalized spacial score (nSPS) is 27.0. The van der Waals surface area contributed by atoms with Gasteiger partial charge in [-0.1, -0.05) is 27.5 Å². The Kier molecular flexibility index (Phi) is 3.53. The quantitative estimate of drug-likeness (QED) is 0.772. The number of hydrogen-bond donors (Lipinski definition) is 0. The first-order valence-electron chi connectivity index (χ1n) is 4.62. The molecule has 1 unspecified atom stereocenters. The van der Waals surface area contributed by atoms with Crippen molar-refractivity contribution in [3.05, 3.63) is 21.3 Å². The van der Waals surface area contributed by atoms with Crippen LogP contribution in [0.5, 0.6) is 0 Å². The van der Waals surface area contributed by atoms with Crippen LogP contribution in [0.15, 0.2) is 12.1 Å². The third-order valence-electron chi connectivity index (χ3n) is 2.65.